The molecule has 7 heteroatoms. The molecule has 0 aliphatic carbocycles. The number of ketones is 1. The van der Waals surface area contributed by atoms with Crippen LogP contribution in [0.15, 0.2) is 59.9 Å². The van der Waals surface area contributed by atoms with E-state index in [1.807, 2.05) is 0 Å². The van der Waals surface area contributed by atoms with Gasteiger partial charge in [-0.1, -0.05) is 31.2 Å². The molecule has 1 N–H and O–H groups in total. The van der Waals surface area contributed by atoms with Crippen LogP contribution in [0.1, 0.15) is 35.3 Å². The maximum Gasteiger partial charge on any atom is 0.337 e. The molecular weight excluding hydrogens is 374 g/mol. The van der Waals surface area contributed by atoms with E-state index in [2.05, 4.69) is 0 Å². The van der Waals surface area contributed by atoms with Crippen LogP contribution >= 0.6 is 0 Å². The topological polar surface area (TPSA) is 93.1 Å². The van der Waals surface area contributed by atoms with Crippen LogP contribution in [0.3, 0.4) is 0 Å². The van der Waals surface area contributed by atoms with Crippen molar-refractivity contribution in [1.29, 1.82) is 0 Å². The molecule has 0 spiro atoms. The number of aliphatic hydroxyl groups excluding tert-OH is 1. The zero-order valence-electron chi connectivity index (χ0n) is 16.3. The molecule has 1 aliphatic heterocycles. The first kappa shape index (κ1) is 20.1. The summed E-state index contributed by atoms with van der Waals surface area (Å²) in [5.41, 5.74) is 1.14. The van der Waals surface area contributed by atoms with Crippen molar-refractivity contribution < 1.29 is 29.0 Å². The maximum absolute atomic E-state index is 13.0. The van der Waals surface area contributed by atoms with Crippen molar-refractivity contribution in [2.75, 3.05) is 19.1 Å². The van der Waals surface area contributed by atoms with Crippen molar-refractivity contribution in [3.05, 3.63) is 71.0 Å². The highest BCUT2D eigenvalue weighted by molar-refractivity contribution is 6.16. The molecule has 2 aromatic rings. The third-order valence-electron chi connectivity index (χ3n) is 4.81. The fourth-order valence-electron chi connectivity index (χ4n) is 3.43. The van der Waals surface area contributed by atoms with Crippen molar-refractivity contribution in [3.8, 4) is 5.75 Å². The molecule has 1 heterocycles. The summed E-state index contributed by atoms with van der Waals surface area (Å²) in [5, 5.41) is 10.5. The summed E-state index contributed by atoms with van der Waals surface area (Å²) in [4.78, 5) is 38.9. The lowest BCUT2D eigenvalue weighted by Gasteiger charge is -2.28. The molecule has 0 fully saturated rings. The van der Waals surface area contributed by atoms with E-state index in [9.17, 15) is 19.5 Å². The Kier molecular flexibility index (Phi) is 5.68. The number of ether oxygens (including phenoxy) is 2. The second-order valence-electron chi connectivity index (χ2n) is 6.40. The summed E-state index contributed by atoms with van der Waals surface area (Å²) in [6.07, 6.45) is 0.119. The summed E-state index contributed by atoms with van der Waals surface area (Å²) in [6, 6.07) is 12.4. The van der Waals surface area contributed by atoms with Crippen LogP contribution in [-0.4, -0.2) is 37.0 Å². The lowest BCUT2D eigenvalue weighted by atomic mass is 9.94. The predicted octanol–water partition coefficient (Wildman–Crippen LogP) is 3.36. The molecule has 1 amide bonds. The number of anilines is 1. The third-order valence-corrected chi connectivity index (χ3v) is 4.81. The van der Waals surface area contributed by atoms with Gasteiger partial charge in [-0.25, -0.2) is 4.79 Å². The van der Waals surface area contributed by atoms with Gasteiger partial charge in [0.1, 0.15) is 5.75 Å². The van der Waals surface area contributed by atoms with E-state index in [-0.39, 0.29) is 23.3 Å². The Morgan fingerprint density at radius 2 is 1.83 bits per heavy atom. The van der Waals surface area contributed by atoms with Crippen LogP contribution in [0, 0.1) is 0 Å². The number of carbonyl (C=O) groups is 3. The first-order chi connectivity index (χ1) is 13.9. The van der Waals surface area contributed by atoms with E-state index in [1.54, 1.807) is 49.4 Å². The largest absolute Gasteiger partial charge is 0.503 e. The van der Waals surface area contributed by atoms with Gasteiger partial charge in [0, 0.05) is 17.7 Å². The Morgan fingerprint density at radius 3 is 2.48 bits per heavy atom. The van der Waals surface area contributed by atoms with Gasteiger partial charge >= 0.3 is 5.97 Å². The standard InChI is InChI=1S/C22H21NO6/c1-4-16(24)18-19(15-10-5-6-11-17(15)28-2)23(21(26)20(18)25)14-9-7-8-13(12-14)22(27)29-3/h5-12,19,25H,4H2,1-3H3. The van der Waals surface area contributed by atoms with Crippen molar-refractivity contribution in [2.24, 2.45) is 0 Å². The zero-order valence-corrected chi connectivity index (χ0v) is 16.3. The van der Waals surface area contributed by atoms with Crippen LogP contribution in [0.2, 0.25) is 0 Å². The molecule has 1 atom stereocenters. The number of hydrogen-bond acceptors (Lipinski definition) is 6. The fraction of sp³-hybridized carbons (Fsp3) is 0.227. The molecule has 29 heavy (non-hydrogen) atoms. The van der Waals surface area contributed by atoms with Crippen LogP contribution in [0.4, 0.5) is 5.69 Å². The molecule has 0 radical (unpaired) electrons. The Balaban J connectivity index is 2.22. The number of esters is 1. The SMILES string of the molecule is CCC(=O)C1=C(O)C(=O)N(c2cccc(C(=O)OC)c2)C1c1ccccc1OC. The molecule has 150 valence electrons. The minimum atomic E-state index is -0.890. The van der Waals surface area contributed by atoms with Crippen LogP contribution in [-0.2, 0) is 14.3 Å². The van der Waals surface area contributed by atoms with E-state index < -0.39 is 23.7 Å². The summed E-state index contributed by atoms with van der Waals surface area (Å²) in [7, 11) is 2.75. The molecular formula is C22H21NO6. The van der Waals surface area contributed by atoms with Gasteiger partial charge in [-0.15, -0.1) is 0 Å². The maximum atomic E-state index is 13.0. The molecule has 3 rings (SSSR count). The number of methoxy groups -OCH3 is 2. The molecule has 7 nitrogen and oxygen atoms in total. The van der Waals surface area contributed by atoms with Crippen molar-refractivity contribution in [3.63, 3.8) is 0 Å². The van der Waals surface area contributed by atoms with E-state index in [1.165, 1.54) is 25.2 Å². The molecule has 1 unspecified atom stereocenters. The van der Waals surface area contributed by atoms with E-state index >= 15 is 0 Å². The van der Waals surface area contributed by atoms with Gasteiger partial charge in [-0.3, -0.25) is 14.5 Å². The average Bonchev–Trinajstić information content (AvgIpc) is 3.03. The Hall–Kier alpha value is -3.61. The second kappa shape index (κ2) is 8.18. The number of carbonyl (C=O) groups excluding carboxylic acids is 3. The number of Topliss-reactive ketones (excluding diaryl/α,β-unsaturated/α-hetero) is 1. The first-order valence-electron chi connectivity index (χ1n) is 9.05. The minimum Gasteiger partial charge on any atom is -0.503 e. The normalized spacial score (nSPS) is 16.2. The van der Waals surface area contributed by atoms with Gasteiger partial charge in [-0.05, 0) is 24.3 Å². The van der Waals surface area contributed by atoms with Gasteiger partial charge < -0.3 is 14.6 Å². The van der Waals surface area contributed by atoms with Gasteiger partial charge in [-0.2, -0.15) is 0 Å². The Labute approximate surface area is 168 Å². The highest BCUT2D eigenvalue weighted by Gasteiger charge is 2.45. The van der Waals surface area contributed by atoms with Gasteiger partial charge in [0.2, 0.25) is 0 Å². The number of para-hydroxylation sites is 1. The lowest BCUT2D eigenvalue weighted by molar-refractivity contribution is -0.118. The highest BCUT2D eigenvalue weighted by Crippen LogP contribution is 2.44. The van der Waals surface area contributed by atoms with Crippen LogP contribution < -0.4 is 9.64 Å². The molecule has 1 aliphatic rings. The minimum absolute atomic E-state index is 0.00507. The van der Waals surface area contributed by atoms with Crippen molar-refractivity contribution in [2.45, 2.75) is 19.4 Å². The molecule has 0 saturated heterocycles. The number of rotatable bonds is 6. The number of aliphatic hydroxyl groups is 1. The van der Waals surface area contributed by atoms with E-state index in [0.29, 0.717) is 17.0 Å². The van der Waals surface area contributed by atoms with Crippen molar-refractivity contribution in [1.82, 2.24) is 0 Å². The highest BCUT2D eigenvalue weighted by atomic mass is 16.5. The monoisotopic (exact) mass is 395 g/mol. The summed E-state index contributed by atoms with van der Waals surface area (Å²) in [5.74, 6) is -1.76. The number of amides is 1. The van der Waals surface area contributed by atoms with Crippen LogP contribution in [0.25, 0.3) is 0 Å². The molecule has 0 saturated carbocycles. The second-order valence-corrected chi connectivity index (χ2v) is 6.40. The fourth-order valence-corrected chi connectivity index (χ4v) is 3.43. The smallest absolute Gasteiger partial charge is 0.337 e. The molecule has 0 aromatic heterocycles. The predicted molar refractivity (Wildman–Crippen MR) is 106 cm³/mol. The number of benzene rings is 2. The zero-order chi connectivity index (χ0) is 21.1. The summed E-state index contributed by atoms with van der Waals surface area (Å²) < 4.78 is 10.2. The van der Waals surface area contributed by atoms with Gasteiger partial charge in [0.15, 0.2) is 11.5 Å². The third kappa shape index (κ3) is 3.47. The number of hydrogen-bond donors (Lipinski definition) is 1. The Morgan fingerprint density at radius 1 is 1.10 bits per heavy atom. The lowest BCUT2D eigenvalue weighted by Crippen LogP contribution is -2.31. The van der Waals surface area contributed by atoms with E-state index in [0.717, 1.165) is 0 Å². The average molecular weight is 395 g/mol. The Bertz CT molecular complexity index is 1010. The summed E-state index contributed by atoms with van der Waals surface area (Å²) in [6.45, 7) is 1.66. The van der Waals surface area contributed by atoms with Crippen molar-refractivity contribution >= 4 is 23.3 Å². The number of nitrogens with zero attached hydrogens (tertiary/aromatic N) is 1. The van der Waals surface area contributed by atoms with E-state index in [4.69, 9.17) is 9.47 Å². The quantitative estimate of drug-likeness (QED) is 0.754. The first-order valence-corrected chi connectivity index (χ1v) is 9.05. The summed E-state index contributed by atoms with van der Waals surface area (Å²) >= 11 is 0. The van der Waals surface area contributed by atoms with Gasteiger partial charge in [0.05, 0.1) is 31.4 Å². The molecule has 0 bridgehead atoms. The van der Waals surface area contributed by atoms with Crippen LogP contribution in [0.5, 0.6) is 5.75 Å². The molecule has 2 aromatic carbocycles. The van der Waals surface area contributed by atoms with Gasteiger partial charge in [0.25, 0.3) is 5.91 Å².